The van der Waals surface area contributed by atoms with Crippen molar-refractivity contribution < 1.29 is 0 Å². The number of rotatable bonds is 5. The Labute approximate surface area is 235 Å². The number of aryl methyl sites for hydroxylation is 2. The molecule has 0 aliphatic heterocycles. The molecule has 198 valence electrons. The molecule has 4 aromatic heterocycles. The second kappa shape index (κ2) is 10.9. The molecule has 8 nitrogen and oxygen atoms in total. The molecule has 0 atom stereocenters. The molecular weight excluding hydrogens is 508 g/mol. The fourth-order valence-corrected chi connectivity index (χ4v) is 4.90. The molecule has 0 aliphatic carbocycles. The third kappa shape index (κ3) is 5.49. The zero-order chi connectivity index (χ0) is 27.4. The van der Waals surface area contributed by atoms with Crippen molar-refractivity contribution in [1.29, 1.82) is 0 Å². The molecule has 0 spiro atoms. The summed E-state index contributed by atoms with van der Waals surface area (Å²) in [5.74, 6) is 0. The van der Waals surface area contributed by atoms with Gasteiger partial charge in [-0.25, -0.2) is 9.97 Å². The number of aromatic amines is 2. The molecule has 4 aromatic carbocycles. The molecule has 0 bridgehead atoms. The third-order valence-electron chi connectivity index (χ3n) is 7.04. The predicted octanol–water partition coefficient (Wildman–Crippen LogP) is 6.39. The van der Waals surface area contributed by atoms with Crippen LogP contribution in [-0.2, 0) is 19.3 Å². The summed E-state index contributed by atoms with van der Waals surface area (Å²) in [6, 6.07) is 28.8. The molecule has 0 saturated carbocycles. The first-order valence-corrected chi connectivity index (χ1v) is 13.5. The van der Waals surface area contributed by atoms with E-state index in [4.69, 9.17) is 4.98 Å². The van der Waals surface area contributed by atoms with Crippen molar-refractivity contribution in [2.45, 2.75) is 19.3 Å². The minimum Gasteiger partial charge on any atom is -0.278 e. The van der Waals surface area contributed by atoms with Gasteiger partial charge in [-0.2, -0.15) is 10.2 Å². The molecule has 8 aromatic rings. The van der Waals surface area contributed by atoms with Gasteiger partial charge >= 0.3 is 0 Å². The summed E-state index contributed by atoms with van der Waals surface area (Å²) in [6.07, 6.45) is 10.0. The molecule has 8 rings (SSSR count). The minimum absolute atomic E-state index is 0.796. The van der Waals surface area contributed by atoms with Crippen LogP contribution in [0.25, 0.3) is 43.9 Å². The maximum absolute atomic E-state index is 4.72. The largest absolute Gasteiger partial charge is 0.278 e. The van der Waals surface area contributed by atoms with Gasteiger partial charge in [-0.05, 0) is 48.2 Å². The van der Waals surface area contributed by atoms with Crippen LogP contribution in [0.2, 0.25) is 0 Å². The highest BCUT2D eigenvalue weighted by molar-refractivity contribution is 5.93. The number of fused-ring (bicyclic) bond motifs is 4. The fourth-order valence-electron chi connectivity index (χ4n) is 4.90. The standard InChI is InChI=1S/C17H14N4.C16H12N4/c1-2-4-12(5-3-1)6-7-14-11-18-16-9-15-13(10-19-21-15)8-17(16)20-14;1-2-4-11(5-3-1)6-13-10-17-15-7-12-9-18-20-14(12)8-16(15)19-13/h1-5,8-11H,6-7H2,(H,19,21);1-5,7-10H,6H2,(H,18,20). The van der Waals surface area contributed by atoms with E-state index in [1.165, 1.54) is 11.1 Å². The second-order valence-electron chi connectivity index (χ2n) is 9.97. The normalized spacial score (nSPS) is 11.2. The van der Waals surface area contributed by atoms with Gasteiger partial charge in [0.15, 0.2) is 0 Å². The van der Waals surface area contributed by atoms with Crippen LogP contribution in [0.5, 0.6) is 0 Å². The first kappa shape index (κ1) is 24.5. The Balaban J connectivity index is 0.000000135. The number of aromatic nitrogens is 8. The Kier molecular flexibility index (Phi) is 6.54. The zero-order valence-corrected chi connectivity index (χ0v) is 22.2. The molecule has 8 heteroatoms. The van der Waals surface area contributed by atoms with E-state index in [1.807, 2.05) is 67.1 Å². The molecule has 0 fully saturated rings. The second-order valence-corrected chi connectivity index (χ2v) is 9.97. The van der Waals surface area contributed by atoms with Gasteiger partial charge < -0.3 is 0 Å². The number of hydrogen-bond acceptors (Lipinski definition) is 6. The van der Waals surface area contributed by atoms with Gasteiger partial charge in [0.1, 0.15) is 0 Å². The summed E-state index contributed by atoms with van der Waals surface area (Å²) in [6.45, 7) is 0. The van der Waals surface area contributed by atoms with E-state index in [9.17, 15) is 0 Å². The fraction of sp³-hybridized carbons (Fsp3) is 0.0909. The van der Waals surface area contributed by atoms with E-state index >= 15 is 0 Å². The van der Waals surface area contributed by atoms with Gasteiger partial charge in [0.25, 0.3) is 0 Å². The highest BCUT2D eigenvalue weighted by atomic mass is 15.1. The van der Waals surface area contributed by atoms with E-state index in [2.05, 4.69) is 71.7 Å². The van der Waals surface area contributed by atoms with Crippen LogP contribution >= 0.6 is 0 Å². The maximum Gasteiger partial charge on any atom is 0.0911 e. The molecule has 0 unspecified atom stereocenters. The number of hydrogen-bond donors (Lipinski definition) is 2. The maximum atomic E-state index is 4.72. The van der Waals surface area contributed by atoms with Crippen LogP contribution < -0.4 is 0 Å². The lowest BCUT2D eigenvalue weighted by atomic mass is 10.1. The molecule has 4 heterocycles. The van der Waals surface area contributed by atoms with Gasteiger partial charge in [-0.15, -0.1) is 0 Å². The van der Waals surface area contributed by atoms with Gasteiger partial charge in [-0.3, -0.25) is 20.2 Å². The van der Waals surface area contributed by atoms with E-state index in [0.717, 1.165) is 74.5 Å². The Hall–Kier alpha value is -5.50. The summed E-state index contributed by atoms with van der Waals surface area (Å²) in [4.78, 5) is 18.4. The summed E-state index contributed by atoms with van der Waals surface area (Å²) < 4.78 is 0. The lowest BCUT2D eigenvalue weighted by Crippen LogP contribution is -1.96. The van der Waals surface area contributed by atoms with E-state index in [1.54, 1.807) is 6.20 Å². The molecule has 2 N–H and O–H groups in total. The van der Waals surface area contributed by atoms with E-state index in [0.29, 0.717) is 0 Å². The first-order valence-electron chi connectivity index (χ1n) is 13.5. The topological polar surface area (TPSA) is 109 Å². The lowest BCUT2D eigenvalue weighted by Gasteiger charge is -2.03. The van der Waals surface area contributed by atoms with Crippen molar-refractivity contribution >= 4 is 43.9 Å². The Bertz CT molecular complexity index is 2080. The van der Waals surface area contributed by atoms with Crippen molar-refractivity contribution in [2.24, 2.45) is 0 Å². The highest BCUT2D eigenvalue weighted by Gasteiger charge is 2.06. The van der Waals surface area contributed by atoms with Crippen LogP contribution in [0.15, 0.2) is 110 Å². The Morgan fingerprint density at radius 3 is 1.73 bits per heavy atom. The van der Waals surface area contributed by atoms with Crippen molar-refractivity contribution in [3.63, 3.8) is 0 Å². The number of nitrogens with one attached hydrogen (secondary N) is 2. The predicted molar refractivity (Wildman–Crippen MR) is 161 cm³/mol. The van der Waals surface area contributed by atoms with Crippen molar-refractivity contribution in [3.8, 4) is 0 Å². The van der Waals surface area contributed by atoms with Crippen LogP contribution in [0.4, 0.5) is 0 Å². The molecule has 0 radical (unpaired) electrons. The number of nitrogens with zero attached hydrogens (tertiary/aromatic N) is 6. The smallest absolute Gasteiger partial charge is 0.0911 e. The van der Waals surface area contributed by atoms with Crippen molar-refractivity contribution in [2.75, 3.05) is 0 Å². The molecular formula is C33H26N8. The summed E-state index contributed by atoms with van der Waals surface area (Å²) >= 11 is 0. The van der Waals surface area contributed by atoms with E-state index in [-0.39, 0.29) is 0 Å². The van der Waals surface area contributed by atoms with Gasteiger partial charge in [0.05, 0.1) is 56.9 Å². The summed E-state index contributed by atoms with van der Waals surface area (Å²) in [5.41, 5.74) is 10.2. The van der Waals surface area contributed by atoms with Crippen molar-refractivity contribution in [3.05, 3.63) is 132 Å². The van der Waals surface area contributed by atoms with Crippen LogP contribution in [-0.4, -0.2) is 40.3 Å². The number of benzene rings is 4. The molecule has 0 aliphatic rings. The average molecular weight is 535 g/mol. The monoisotopic (exact) mass is 534 g/mol. The van der Waals surface area contributed by atoms with Gasteiger partial charge in [0, 0.05) is 29.6 Å². The molecule has 0 amide bonds. The molecule has 41 heavy (non-hydrogen) atoms. The van der Waals surface area contributed by atoms with Crippen molar-refractivity contribution in [1.82, 2.24) is 40.3 Å². The lowest BCUT2D eigenvalue weighted by molar-refractivity contribution is 0.912. The van der Waals surface area contributed by atoms with Crippen LogP contribution in [0.3, 0.4) is 0 Å². The van der Waals surface area contributed by atoms with Crippen LogP contribution in [0.1, 0.15) is 22.5 Å². The quantitative estimate of drug-likeness (QED) is 0.265. The third-order valence-corrected chi connectivity index (χ3v) is 7.04. The minimum atomic E-state index is 0.796. The van der Waals surface area contributed by atoms with Crippen LogP contribution in [0, 0.1) is 0 Å². The highest BCUT2D eigenvalue weighted by Crippen LogP contribution is 2.20. The Morgan fingerprint density at radius 1 is 0.488 bits per heavy atom. The van der Waals surface area contributed by atoms with E-state index < -0.39 is 0 Å². The summed E-state index contributed by atoms with van der Waals surface area (Å²) in [5, 5.41) is 16.1. The Morgan fingerprint density at radius 2 is 1.02 bits per heavy atom. The SMILES string of the molecule is c1ccc(CCc2cnc3cc4[nH]ncc4cc3n2)cc1.c1ccc(Cc2cnc3cc4cn[nH]c4cc3n2)cc1. The molecule has 0 saturated heterocycles. The van der Waals surface area contributed by atoms with Gasteiger partial charge in [0.2, 0.25) is 0 Å². The average Bonchev–Trinajstić information content (AvgIpc) is 3.68. The zero-order valence-electron chi connectivity index (χ0n) is 22.2. The summed E-state index contributed by atoms with van der Waals surface area (Å²) in [7, 11) is 0. The first-order chi connectivity index (χ1) is 20.3. The van der Waals surface area contributed by atoms with Gasteiger partial charge in [-0.1, -0.05) is 60.7 Å². The number of H-pyrrole nitrogens is 2.